The number of nitrogens with one attached hydrogen (secondary N) is 1. The summed E-state index contributed by atoms with van der Waals surface area (Å²) in [5.41, 5.74) is 1.27. The van der Waals surface area contributed by atoms with Crippen molar-refractivity contribution in [1.82, 2.24) is 5.32 Å². The number of carbonyl (C=O) groups is 3. The maximum absolute atomic E-state index is 14.6. The lowest BCUT2D eigenvalue weighted by Crippen LogP contribution is -2.29. The van der Waals surface area contributed by atoms with Crippen LogP contribution in [0.1, 0.15) is 78.5 Å². The molecule has 1 aliphatic heterocycles. The Hall–Kier alpha value is -3.49. The van der Waals surface area contributed by atoms with Crippen molar-refractivity contribution in [3.63, 3.8) is 0 Å². The lowest BCUT2D eigenvalue weighted by molar-refractivity contribution is -0.143. The number of Topliss-reactive ketones (excluding diaryl/α,β-unsaturated/α-hetero) is 1. The van der Waals surface area contributed by atoms with E-state index >= 15 is 0 Å². The molecule has 2 N–H and O–H groups in total. The third-order valence-corrected chi connectivity index (χ3v) is 7.38. The Balaban J connectivity index is 1.22. The second-order valence-corrected chi connectivity index (χ2v) is 10.0. The highest BCUT2D eigenvalue weighted by Crippen LogP contribution is 2.31. The average molecular weight is 529 g/mol. The van der Waals surface area contributed by atoms with E-state index in [0.29, 0.717) is 31.2 Å². The average Bonchev–Trinajstić information content (AvgIpc) is 2.94. The molecule has 0 atom stereocenters. The van der Waals surface area contributed by atoms with Gasteiger partial charge in [-0.1, -0.05) is 0 Å². The molecule has 2 aromatic rings. The standard InChI is InChI=1S/C29H34F2N2O5/c30-26-23(14-15-25(27(26)31)38-22-12-8-20(9-13-22)29(36)37)24(34)5-4-16-32-28(35)19-6-10-21(11-7-19)33-17-2-1-3-18-33/h6-7,10-11,14-15,20,22H,1-5,8-9,12-13,16-18H2,(H,32,35)(H,36,37). The van der Waals surface area contributed by atoms with Crippen LogP contribution in [0.4, 0.5) is 14.5 Å². The Morgan fingerprint density at radius 2 is 1.61 bits per heavy atom. The second-order valence-electron chi connectivity index (χ2n) is 10.0. The molecule has 1 heterocycles. The Kier molecular flexibility index (Phi) is 9.31. The molecule has 4 rings (SSSR count). The summed E-state index contributed by atoms with van der Waals surface area (Å²) in [4.78, 5) is 38.3. The van der Waals surface area contributed by atoms with Crippen LogP contribution in [-0.4, -0.2) is 48.5 Å². The van der Waals surface area contributed by atoms with Crippen LogP contribution in [0, 0.1) is 17.6 Å². The summed E-state index contributed by atoms with van der Waals surface area (Å²) in [6.45, 7) is 2.27. The number of nitrogens with zero attached hydrogens (tertiary/aromatic N) is 1. The zero-order valence-electron chi connectivity index (χ0n) is 21.4. The monoisotopic (exact) mass is 528 g/mol. The number of hydrogen-bond acceptors (Lipinski definition) is 5. The molecule has 1 amide bonds. The fourth-order valence-electron chi connectivity index (χ4n) is 5.11. The lowest BCUT2D eigenvalue weighted by atomic mass is 9.87. The molecule has 0 spiro atoms. The molecule has 2 aromatic carbocycles. The van der Waals surface area contributed by atoms with Crippen LogP contribution in [0.3, 0.4) is 0 Å². The van der Waals surface area contributed by atoms with Crippen molar-refractivity contribution in [2.45, 2.75) is 63.9 Å². The Labute approximate surface area is 221 Å². The molecular weight excluding hydrogens is 494 g/mol. The number of benzene rings is 2. The maximum Gasteiger partial charge on any atom is 0.306 e. The predicted octanol–water partition coefficient (Wildman–Crippen LogP) is 5.37. The van der Waals surface area contributed by atoms with E-state index in [0.717, 1.165) is 18.8 Å². The SMILES string of the molecule is O=C(NCCCC(=O)c1ccc(OC2CCC(C(=O)O)CC2)c(F)c1F)c1ccc(N2CCCCC2)cc1. The summed E-state index contributed by atoms with van der Waals surface area (Å²) in [6.07, 6.45) is 5.14. The fraction of sp³-hybridized carbons (Fsp3) is 0.483. The highest BCUT2D eigenvalue weighted by Gasteiger charge is 2.28. The summed E-state index contributed by atoms with van der Waals surface area (Å²) in [7, 11) is 0. The highest BCUT2D eigenvalue weighted by atomic mass is 19.2. The first-order valence-corrected chi connectivity index (χ1v) is 13.4. The van der Waals surface area contributed by atoms with E-state index in [2.05, 4.69) is 10.2 Å². The third kappa shape index (κ3) is 6.88. The van der Waals surface area contributed by atoms with Gasteiger partial charge in [-0.15, -0.1) is 0 Å². The van der Waals surface area contributed by atoms with Crippen molar-refractivity contribution in [3.05, 3.63) is 59.2 Å². The van der Waals surface area contributed by atoms with Crippen molar-refractivity contribution in [2.75, 3.05) is 24.5 Å². The molecule has 9 heteroatoms. The zero-order chi connectivity index (χ0) is 27.1. The first kappa shape index (κ1) is 27.5. The van der Waals surface area contributed by atoms with Gasteiger partial charge in [-0.2, -0.15) is 4.39 Å². The van der Waals surface area contributed by atoms with Gasteiger partial charge in [-0.05, 0) is 87.8 Å². The molecule has 0 aromatic heterocycles. The van der Waals surface area contributed by atoms with Crippen LogP contribution in [0.15, 0.2) is 36.4 Å². The number of carboxylic acid groups (broad SMARTS) is 1. The number of piperidine rings is 1. The van der Waals surface area contributed by atoms with E-state index in [4.69, 9.17) is 9.84 Å². The minimum absolute atomic E-state index is 0.0516. The molecule has 1 saturated carbocycles. The summed E-state index contributed by atoms with van der Waals surface area (Å²) in [5.74, 6) is -4.87. The van der Waals surface area contributed by atoms with Gasteiger partial charge in [0.15, 0.2) is 17.3 Å². The minimum Gasteiger partial charge on any atom is -0.487 e. The van der Waals surface area contributed by atoms with Gasteiger partial charge in [0.1, 0.15) is 0 Å². The molecule has 2 fully saturated rings. The highest BCUT2D eigenvalue weighted by molar-refractivity contribution is 5.97. The van der Waals surface area contributed by atoms with Gasteiger partial charge in [-0.3, -0.25) is 14.4 Å². The third-order valence-electron chi connectivity index (χ3n) is 7.38. The maximum atomic E-state index is 14.6. The van der Waals surface area contributed by atoms with Crippen molar-refractivity contribution >= 4 is 23.3 Å². The van der Waals surface area contributed by atoms with E-state index in [-0.39, 0.29) is 36.6 Å². The number of ether oxygens (including phenoxy) is 1. The van der Waals surface area contributed by atoms with Crippen LogP contribution in [0.25, 0.3) is 0 Å². The fourth-order valence-corrected chi connectivity index (χ4v) is 5.11. The molecule has 38 heavy (non-hydrogen) atoms. The summed E-state index contributed by atoms with van der Waals surface area (Å²) in [6, 6.07) is 9.89. The first-order chi connectivity index (χ1) is 18.3. The number of carboxylic acids is 1. The van der Waals surface area contributed by atoms with Gasteiger partial charge in [0.2, 0.25) is 5.82 Å². The van der Waals surface area contributed by atoms with Crippen LogP contribution < -0.4 is 15.0 Å². The number of ketones is 1. The van der Waals surface area contributed by atoms with E-state index in [9.17, 15) is 23.2 Å². The lowest BCUT2D eigenvalue weighted by Gasteiger charge is -2.28. The van der Waals surface area contributed by atoms with E-state index in [1.54, 1.807) is 12.1 Å². The summed E-state index contributed by atoms with van der Waals surface area (Å²) < 4.78 is 34.8. The number of anilines is 1. The number of halogens is 2. The molecule has 2 aliphatic rings. The van der Waals surface area contributed by atoms with Crippen molar-refractivity contribution in [1.29, 1.82) is 0 Å². The van der Waals surface area contributed by atoms with E-state index in [1.165, 1.54) is 31.4 Å². The first-order valence-electron chi connectivity index (χ1n) is 13.4. The molecule has 1 saturated heterocycles. The number of rotatable bonds is 10. The smallest absolute Gasteiger partial charge is 0.306 e. The molecule has 7 nitrogen and oxygen atoms in total. The van der Waals surface area contributed by atoms with Crippen LogP contribution in [0.2, 0.25) is 0 Å². The van der Waals surface area contributed by atoms with Gasteiger partial charge >= 0.3 is 5.97 Å². The quantitative estimate of drug-likeness (QED) is 0.318. The largest absolute Gasteiger partial charge is 0.487 e. The topological polar surface area (TPSA) is 95.9 Å². The summed E-state index contributed by atoms with van der Waals surface area (Å²) in [5, 5.41) is 11.8. The van der Waals surface area contributed by atoms with Gasteiger partial charge in [-0.25, -0.2) is 4.39 Å². The van der Waals surface area contributed by atoms with Crippen molar-refractivity contribution in [3.8, 4) is 5.75 Å². The second kappa shape index (κ2) is 12.8. The van der Waals surface area contributed by atoms with Gasteiger partial charge in [0.05, 0.1) is 17.6 Å². The van der Waals surface area contributed by atoms with Crippen molar-refractivity contribution in [2.24, 2.45) is 5.92 Å². The van der Waals surface area contributed by atoms with Crippen molar-refractivity contribution < 1.29 is 33.0 Å². The zero-order valence-corrected chi connectivity index (χ0v) is 21.4. The van der Waals surface area contributed by atoms with Gasteiger partial charge < -0.3 is 20.1 Å². The van der Waals surface area contributed by atoms with Crippen LogP contribution in [0.5, 0.6) is 5.75 Å². The molecule has 0 radical (unpaired) electrons. The molecule has 0 bridgehead atoms. The number of amides is 1. The number of hydrogen-bond donors (Lipinski definition) is 2. The number of carbonyl (C=O) groups excluding carboxylic acids is 2. The number of aliphatic carboxylic acids is 1. The predicted molar refractivity (Wildman–Crippen MR) is 139 cm³/mol. The minimum atomic E-state index is -1.26. The van der Waals surface area contributed by atoms with Gasteiger partial charge in [0, 0.05) is 37.3 Å². The molecule has 0 unspecified atom stereocenters. The Morgan fingerprint density at radius 3 is 2.26 bits per heavy atom. The molecule has 204 valence electrons. The van der Waals surface area contributed by atoms with E-state index in [1.807, 2.05) is 12.1 Å². The Bertz CT molecular complexity index is 1140. The van der Waals surface area contributed by atoms with Gasteiger partial charge in [0.25, 0.3) is 5.91 Å². The molecular formula is C29H34F2N2O5. The summed E-state index contributed by atoms with van der Waals surface area (Å²) >= 11 is 0. The molecule has 1 aliphatic carbocycles. The Morgan fingerprint density at radius 1 is 0.921 bits per heavy atom. The van der Waals surface area contributed by atoms with E-state index < -0.39 is 35.4 Å². The van der Waals surface area contributed by atoms with Crippen LogP contribution >= 0.6 is 0 Å². The normalized spacial score (nSPS) is 19.6. The van der Waals surface area contributed by atoms with Crippen LogP contribution in [-0.2, 0) is 4.79 Å².